The smallest absolute Gasteiger partial charge is 0.246 e. The van der Waals surface area contributed by atoms with Crippen molar-refractivity contribution >= 4 is 21.8 Å². The van der Waals surface area contributed by atoms with Crippen LogP contribution in [0.5, 0.6) is 5.75 Å². The summed E-state index contributed by atoms with van der Waals surface area (Å²) in [5, 5.41) is 0. The molecule has 0 spiro atoms. The molecule has 1 unspecified atom stereocenters. The number of hydrogen-bond donors (Lipinski definition) is 0. The summed E-state index contributed by atoms with van der Waals surface area (Å²) >= 11 is 3.36. The number of halogens is 1. The normalized spacial score (nSPS) is 18.3. The summed E-state index contributed by atoms with van der Waals surface area (Å²) in [6, 6.07) is 1.88. The van der Waals surface area contributed by atoms with Gasteiger partial charge in [-0.3, -0.25) is 9.78 Å². The second-order valence-electron chi connectivity index (χ2n) is 4.87. The predicted octanol–water partition coefficient (Wildman–Crippen LogP) is 2.79. The first-order chi connectivity index (χ1) is 9.04. The number of nitrogens with zero attached hydrogens (tertiary/aromatic N) is 2. The lowest BCUT2D eigenvalue weighted by Gasteiger charge is -2.16. The van der Waals surface area contributed by atoms with E-state index in [1.165, 1.54) is 0 Å². The Morgan fingerprint density at radius 2 is 2.32 bits per heavy atom. The van der Waals surface area contributed by atoms with Gasteiger partial charge in [-0.2, -0.15) is 0 Å². The van der Waals surface area contributed by atoms with Gasteiger partial charge < -0.3 is 9.64 Å². The van der Waals surface area contributed by atoms with Gasteiger partial charge in [0.2, 0.25) is 5.91 Å². The molecule has 5 heteroatoms. The van der Waals surface area contributed by atoms with Gasteiger partial charge in [0.05, 0.1) is 12.7 Å². The van der Waals surface area contributed by atoms with Crippen LogP contribution in [-0.4, -0.2) is 35.0 Å². The van der Waals surface area contributed by atoms with Crippen LogP contribution >= 0.6 is 15.9 Å². The molecule has 1 saturated heterocycles. The number of aromatic nitrogens is 1. The molecule has 0 N–H and O–H groups in total. The maximum atomic E-state index is 11.9. The third-order valence-corrected chi connectivity index (χ3v) is 3.29. The van der Waals surface area contributed by atoms with Crippen molar-refractivity contribution in [1.29, 1.82) is 0 Å². The number of amides is 1. The topological polar surface area (TPSA) is 42.4 Å². The van der Waals surface area contributed by atoms with Crippen LogP contribution in [0.4, 0.5) is 0 Å². The van der Waals surface area contributed by atoms with Gasteiger partial charge in [-0.05, 0) is 35.8 Å². The number of hydrogen-bond acceptors (Lipinski definition) is 3. The first-order valence-corrected chi connectivity index (χ1v) is 7.05. The van der Waals surface area contributed by atoms with E-state index in [2.05, 4.69) is 20.9 Å². The molecule has 1 aromatic rings. The molecule has 2 rings (SSSR count). The lowest BCUT2D eigenvalue weighted by molar-refractivity contribution is -0.125. The quantitative estimate of drug-likeness (QED) is 0.803. The molecule has 2 heterocycles. The Bertz CT molecular complexity index is 498. The highest BCUT2D eigenvalue weighted by Gasteiger charge is 2.26. The molecular formula is C14H17BrN2O2. The van der Waals surface area contributed by atoms with Gasteiger partial charge in [0.1, 0.15) is 11.9 Å². The number of ether oxygens (including phenoxy) is 1. The minimum absolute atomic E-state index is 0.0469. The van der Waals surface area contributed by atoms with Crippen LogP contribution in [0.15, 0.2) is 34.6 Å². The molecule has 4 nitrogen and oxygen atoms in total. The van der Waals surface area contributed by atoms with E-state index in [9.17, 15) is 4.79 Å². The third kappa shape index (κ3) is 4.06. The van der Waals surface area contributed by atoms with Crippen LogP contribution in [0.25, 0.3) is 0 Å². The average molecular weight is 325 g/mol. The van der Waals surface area contributed by atoms with Gasteiger partial charge in [-0.1, -0.05) is 5.57 Å². The zero-order valence-corrected chi connectivity index (χ0v) is 12.7. The summed E-state index contributed by atoms with van der Waals surface area (Å²) in [6.45, 7) is 5.23. The lowest BCUT2D eigenvalue weighted by atomic mass is 10.3. The van der Waals surface area contributed by atoms with Crippen LogP contribution in [-0.2, 0) is 4.79 Å². The van der Waals surface area contributed by atoms with Crippen LogP contribution in [0.1, 0.15) is 20.3 Å². The van der Waals surface area contributed by atoms with E-state index < -0.39 is 0 Å². The van der Waals surface area contributed by atoms with E-state index in [1.54, 1.807) is 18.5 Å². The highest BCUT2D eigenvalue weighted by molar-refractivity contribution is 9.10. The number of likely N-dealkylation sites (tertiary alicyclic amines) is 1. The molecule has 0 radical (unpaired) electrons. The molecule has 1 aliphatic heterocycles. The molecule has 1 amide bonds. The minimum atomic E-state index is 0.0469. The van der Waals surface area contributed by atoms with Crippen molar-refractivity contribution < 1.29 is 9.53 Å². The van der Waals surface area contributed by atoms with E-state index in [1.807, 2.05) is 24.8 Å². The zero-order chi connectivity index (χ0) is 13.8. The summed E-state index contributed by atoms with van der Waals surface area (Å²) in [5.74, 6) is 0.800. The Morgan fingerprint density at radius 3 is 3.00 bits per heavy atom. The molecule has 0 bridgehead atoms. The van der Waals surface area contributed by atoms with Crippen molar-refractivity contribution in [3.8, 4) is 5.75 Å². The van der Waals surface area contributed by atoms with Gasteiger partial charge in [0.15, 0.2) is 0 Å². The lowest BCUT2D eigenvalue weighted by Crippen LogP contribution is -2.29. The fourth-order valence-electron chi connectivity index (χ4n) is 2.01. The maximum absolute atomic E-state index is 11.9. The molecule has 1 fully saturated rings. The van der Waals surface area contributed by atoms with Gasteiger partial charge in [0.25, 0.3) is 0 Å². The molecule has 0 saturated carbocycles. The SMILES string of the molecule is CC(C)=CC(=O)N1CCC(Oc2cncc(Br)c2)C1. The van der Waals surface area contributed by atoms with Crippen LogP contribution in [0.2, 0.25) is 0 Å². The van der Waals surface area contributed by atoms with Gasteiger partial charge >= 0.3 is 0 Å². The zero-order valence-electron chi connectivity index (χ0n) is 11.1. The number of allylic oxidation sites excluding steroid dienone is 1. The van der Waals surface area contributed by atoms with Gasteiger partial charge in [-0.15, -0.1) is 0 Å². The molecule has 0 aliphatic carbocycles. The van der Waals surface area contributed by atoms with Crippen molar-refractivity contribution in [3.05, 3.63) is 34.6 Å². The second kappa shape index (κ2) is 6.19. The maximum Gasteiger partial charge on any atom is 0.246 e. The Balaban J connectivity index is 1.92. The molecule has 1 aromatic heterocycles. The molecule has 0 aromatic carbocycles. The summed E-state index contributed by atoms with van der Waals surface area (Å²) in [4.78, 5) is 17.8. The van der Waals surface area contributed by atoms with E-state index >= 15 is 0 Å². The Labute approximate surface area is 121 Å². The minimum Gasteiger partial charge on any atom is -0.487 e. The van der Waals surface area contributed by atoms with Crippen molar-refractivity contribution in [2.45, 2.75) is 26.4 Å². The van der Waals surface area contributed by atoms with Crippen molar-refractivity contribution in [3.63, 3.8) is 0 Å². The summed E-state index contributed by atoms with van der Waals surface area (Å²) < 4.78 is 6.72. The first kappa shape index (κ1) is 14.1. The van der Waals surface area contributed by atoms with Crippen LogP contribution in [0, 0.1) is 0 Å². The summed E-state index contributed by atoms with van der Waals surface area (Å²) in [5.41, 5.74) is 1.02. The average Bonchev–Trinajstić information content (AvgIpc) is 2.76. The third-order valence-electron chi connectivity index (χ3n) is 2.85. The molecule has 1 atom stereocenters. The number of carbonyl (C=O) groups excluding carboxylic acids is 1. The molecular weight excluding hydrogens is 308 g/mol. The largest absolute Gasteiger partial charge is 0.487 e. The van der Waals surface area contributed by atoms with Crippen molar-refractivity contribution in [2.24, 2.45) is 0 Å². The Morgan fingerprint density at radius 1 is 1.53 bits per heavy atom. The monoisotopic (exact) mass is 324 g/mol. The van der Waals surface area contributed by atoms with E-state index in [4.69, 9.17) is 4.74 Å². The van der Waals surface area contributed by atoms with E-state index in [0.29, 0.717) is 6.54 Å². The number of pyridine rings is 1. The standard InChI is InChI=1S/C14H17BrN2O2/c1-10(2)5-14(18)17-4-3-12(9-17)19-13-6-11(15)7-16-8-13/h5-8,12H,3-4,9H2,1-2H3. The number of rotatable bonds is 3. The van der Waals surface area contributed by atoms with Crippen molar-refractivity contribution in [1.82, 2.24) is 9.88 Å². The van der Waals surface area contributed by atoms with Crippen molar-refractivity contribution in [2.75, 3.05) is 13.1 Å². The highest BCUT2D eigenvalue weighted by Crippen LogP contribution is 2.21. The summed E-state index contributed by atoms with van der Waals surface area (Å²) in [6.07, 6.45) is 5.97. The molecule has 19 heavy (non-hydrogen) atoms. The first-order valence-electron chi connectivity index (χ1n) is 6.25. The highest BCUT2D eigenvalue weighted by atomic mass is 79.9. The fraction of sp³-hybridized carbons (Fsp3) is 0.429. The van der Waals surface area contributed by atoms with Gasteiger partial charge in [-0.25, -0.2) is 0 Å². The second-order valence-corrected chi connectivity index (χ2v) is 5.79. The Kier molecular flexibility index (Phi) is 4.58. The van der Waals surface area contributed by atoms with Gasteiger partial charge in [0, 0.05) is 29.7 Å². The fourth-order valence-corrected chi connectivity index (χ4v) is 2.36. The van der Waals surface area contributed by atoms with E-state index in [-0.39, 0.29) is 12.0 Å². The van der Waals surface area contributed by atoms with E-state index in [0.717, 1.165) is 28.8 Å². The van der Waals surface area contributed by atoms with Crippen LogP contribution < -0.4 is 4.74 Å². The number of carbonyl (C=O) groups is 1. The summed E-state index contributed by atoms with van der Waals surface area (Å²) in [7, 11) is 0. The molecule has 1 aliphatic rings. The van der Waals surface area contributed by atoms with Crippen LogP contribution in [0.3, 0.4) is 0 Å². The molecule has 102 valence electrons. The Hall–Kier alpha value is -1.36. The predicted molar refractivity (Wildman–Crippen MR) is 77.0 cm³/mol.